The highest BCUT2D eigenvalue weighted by Gasteiger charge is 2.33. The molecule has 7 nitrogen and oxygen atoms in total. The van der Waals surface area contributed by atoms with Gasteiger partial charge in [-0.3, -0.25) is 14.6 Å². The molecule has 0 aliphatic carbocycles. The van der Waals surface area contributed by atoms with Crippen molar-refractivity contribution in [1.29, 1.82) is 0 Å². The van der Waals surface area contributed by atoms with Crippen molar-refractivity contribution in [3.05, 3.63) is 131 Å². The lowest BCUT2D eigenvalue weighted by molar-refractivity contribution is -0.253. The summed E-state index contributed by atoms with van der Waals surface area (Å²) in [5.74, 6) is -0.0384. The van der Waals surface area contributed by atoms with Crippen molar-refractivity contribution in [3.63, 3.8) is 0 Å². The average molecular weight is 606 g/mol. The Labute approximate surface area is 266 Å². The van der Waals surface area contributed by atoms with E-state index < -0.39 is 6.29 Å². The summed E-state index contributed by atoms with van der Waals surface area (Å²) < 4.78 is 13.3. The van der Waals surface area contributed by atoms with E-state index in [1.165, 1.54) is 12.5 Å². The molecule has 2 N–H and O–H groups in total. The van der Waals surface area contributed by atoms with Crippen molar-refractivity contribution in [3.8, 4) is 11.1 Å². The zero-order valence-electron chi connectivity index (χ0n) is 26.0. The Hall–Kier alpha value is -3.85. The van der Waals surface area contributed by atoms with Gasteiger partial charge >= 0.3 is 0 Å². The summed E-state index contributed by atoms with van der Waals surface area (Å²) in [7, 11) is 0. The van der Waals surface area contributed by atoms with Gasteiger partial charge in [0.05, 0.1) is 18.8 Å². The van der Waals surface area contributed by atoms with Gasteiger partial charge in [0.25, 0.3) is 0 Å². The van der Waals surface area contributed by atoms with Crippen LogP contribution in [0.3, 0.4) is 0 Å². The Bertz CT molecular complexity index is 1520. The lowest BCUT2D eigenvalue weighted by Gasteiger charge is -2.40. The minimum absolute atomic E-state index is 0.0251. The first-order valence-electron chi connectivity index (χ1n) is 16.0. The molecule has 2 aliphatic rings. The first-order valence-corrected chi connectivity index (χ1v) is 16.0. The van der Waals surface area contributed by atoms with Crippen LogP contribution in [0.2, 0.25) is 0 Å². The molecule has 0 saturated carbocycles. The van der Waals surface area contributed by atoms with Gasteiger partial charge in [-0.15, -0.1) is 0 Å². The van der Waals surface area contributed by atoms with Crippen molar-refractivity contribution in [2.24, 2.45) is 0 Å². The van der Waals surface area contributed by atoms with Crippen LogP contribution in [0.4, 0.5) is 0 Å². The molecule has 0 bridgehead atoms. The van der Waals surface area contributed by atoms with Crippen molar-refractivity contribution in [2.45, 2.75) is 51.5 Å². The maximum atomic E-state index is 11.4. The van der Waals surface area contributed by atoms with E-state index in [0.717, 1.165) is 79.1 Å². The second kappa shape index (κ2) is 15.0. The van der Waals surface area contributed by atoms with Gasteiger partial charge in [-0.05, 0) is 39.4 Å². The van der Waals surface area contributed by atoms with Crippen LogP contribution in [0.15, 0.2) is 103 Å². The molecule has 0 spiro atoms. The van der Waals surface area contributed by atoms with Crippen LogP contribution < -0.4 is 5.32 Å². The molecule has 3 atom stereocenters. The molecule has 234 valence electrons. The number of hydrogen-bond donors (Lipinski definition) is 2. The van der Waals surface area contributed by atoms with Crippen molar-refractivity contribution in [2.75, 3.05) is 32.7 Å². The first kappa shape index (κ1) is 31.1. The van der Waals surface area contributed by atoms with Gasteiger partial charge < -0.3 is 19.9 Å². The highest BCUT2D eigenvalue weighted by atomic mass is 16.7. The Morgan fingerprint density at radius 1 is 0.756 bits per heavy atom. The summed E-state index contributed by atoms with van der Waals surface area (Å²) in [5.41, 5.74) is 7.60. The number of rotatable bonds is 10. The number of carbonyl (C=O) groups excluding carboxylic acids is 1. The van der Waals surface area contributed by atoms with Gasteiger partial charge in [0.2, 0.25) is 5.91 Å². The minimum Gasteiger partial charge on any atom is -0.392 e. The highest BCUT2D eigenvalue weighted by Crippen LogP contribution is 2.38. The van der Waals surface area contributed by atoms with Gasteiger partial charge in [0.15, 0.2) is 6.29 Å². The molecule has 4 aromatic carbocycles. The Kier molecular flexibility index (Phi) is 10.4. The number of amides is 1. The normalized spacial score (nSPS) is 21.0. The third-order valence-corrected chi connectivity index (χ3v) is 8.78. The van der Waals surface area contributed by atoms with E-state index in [9.17, 15) is 9.90 Å². The quantitative estimate of drug-likeness (QED) is 0.237. The monoisotopic (exact) mass is 605 g/mol. The fourth-order valence-corrected chi connectivity index (χ4v) is 6.21. The molecule has 3 unspecified atom stereocenters. The molecule has 4 aromatic rings. The van der Waals surface area contributed by atoms with Crippen LogP contribution in [0.1, 0.15) is 53.6 Å². The molecule has 2 aliphatic heterocycles. The summed E-state index contributed by atoms with van der Waals surface area (Å²) in [5, 5.41) is 12.4. The van der Waals surface area contributed by atoms with Crippen LogP contribution in [0.25, 0.3) is 11.1 Å². The lowest BCUT2D eigenvalue weighted by atomic mass is 9.98. The molecule has 7 heteroatoms. The number of aliphatic hydroxyl groups is 1. The topological polar surface area (TPSA) is 74.3 Å². The SMILES string of the molecule is CC(=O)NCc1cccc(-c2ccc(C3OC(CN4CCN(Cc5ccccc5)CC4)CC(c4ccc(CO)cc4)O3)cc2)c1. The first-order chi connectivity index (χ1) is 22.0. The number of benzene rings is 4. The Morgan fingerprint density at radius 3 is 2.16 bits per heavy atom. The predicted molar refractivity (Wildman–Crippen MR) is 176 cm³/mol. The zero-order valence-corrected chi connectivity index (χ0v) is 26.0. The Balaban J connectivity index is 1.14. The van der Waals surface area contributed by atoms with Crippen LogP contribution in [-0.2, 0) is 34.0 Å². The molecular formula is C38H43N3O4. The highest BCUT2D eigenvalue weighted by molar-refractivity contribution is 5.73. The van der Waals surface area contributed by atoms with Crippen molar-refractivity contribution < 1.29 is 19.4 Å². The van der Waals surface area contributed by atoms with Crippen LogP contribution in [0.5, 0.6) is 0 Å². The molecule has 45 heavy (non-hydrogen) atoms. The number of hydrogen-bond acceptors (Lipinski definition) is 6. The average Bonchev–Trinajstić information content (AvgIpc) is 3.09. The summed E-state index contributed by atoms with van der Waals surface area (Å²) >= 11 is 0. The lowest BCUT2D eigenvalue weighted by Crippen LogP contribution is -2.49. The number of nitrogens with one attached hydrogen (secondary N) is 1. The maximum Gasteiger partial charge on any atom is 0.217 e. The van der Waals surface area contributed by atoms with E-state index in [2.05, 4.69) is 94.0 Å². The number of piperazine rings is 1. The van der Waals surface area contributed by atoms with E-state index in [-0.39, 0.29) is 24.7 Å². The second-order valence-corrected chi connectivity index (χ2v) is 12.1. The molecule has 2 heterocycles. The molecule has 0 aromatic heterocycles. The summed E-state index contributed by atoms with van der Waals surface area (Å²) in [6.07, 6.45) is 0.215. The third kappa shape index (κ3) is 8.45. The number of nitrogens with zero attached hydrogens (tertiary/aromatic N) is 2. The third-order valence-electron chi connectivity index (χ3n) is 8.78. The molecule has 6 rings (SSSR count). The standard InChI is InChI=1S/C38H43N3O4/c1-28(43)39-24-31-8-5-9-35(22-31)32-14-16-34(17-15-32)38-44-36(23-37(45-38)33-12-10-30(27-42)11-13-33)26-41-20-18-40(19-21-41)25-29-6-3-2-4-7-29/h2-17,22,36-38,42H,18-21,23-27H2,1H3,(H,39,43). The van der Waals surface area contributed by atoms with Gasteiger partial charge in [0, 0.05) is 64.7 Å². The molecule has 0 radical (unpaired) electrons. The summed E-state index contributed by atoms with van der Waals surface area (Å²) in [6, 6.07) is 35.4. The van der Waals surface area contributed by atoms with E-state index in [1.54, 1.807) is 0 Å². The van der Waals surface area contributed by atoms with Crippen LogP contribution in [-0.4, -0.2) is 59.6 Å². The van der Waals surface area contributed by atoms with E-state index in [4.69, 9.17) is 9.47 Å². The van der Waals surface area contributed by atoms with E-state index in [0.29, 0.717) is 6.54 Å². The number of aliphatic hydroxyl groups excluding tert-OH is 1. The van der Waals surface area contributed by atoms with E-state index in [1.807, 2.05) is 24.3 Å². The summed E-state index contributed by atoms with van der Waals surface area (Å²) in [4.78, 5) is 16.4. The largest absolute Gasteiger partial charge is 0.392 e. The fourth-order valence-electron chi connectivity index (χ4n) is 6.21. The second-order valence-electron chi connectivity index (χ2n) is 12.1. The van der Waals surface area contributed by atoms with Gasteiger partial charge in [-0.25, -0.2) is 0 Å². The van der Waals surface area contributed by atoms with E-state index >= 15 is 0 Å². The maximum absolute atomic E-state index is 11.4. The number of carbonyl (C=O) groups is 1. The molecule has 1 amide bonds. The van der Waals surface area contributed by atoms with Crippen LogP contribution in [0, 0.1) is 0 Å². The van der Waals surface area contributed by atoms with Gasteiger partial charge in [-0.1, -0.05) is 97.1 Å². The molecule has 2 fully saturated rings. The molecular weight excluding hydrogens is 562 g/mol. The molecule has 2 saturated heterocycles. The smallest absolute Gasteiger partial charge is 0.217 e. The van der Waals surface area contributed by atoms with Crippen molar-refractivity contribution >= 4 is 5.91 Å². The van der Waals surface area contributed by atoms with Gasteiger partial charge in [0.1, 0.15) is 0 Å². The Morgan fingerprint density at radius 2 is 1.44 bits per heavy atom. The summed E-state index contributed by atoms with van der Waals surface area (Å²) in [6.45, 7) is 8.05. The van der Waals surface area contributed by atoms with Gasteiger partial charge in [-0.2, -0.15) is 0 Å². The van der Waals surface area contributed by atoms with Crippen molar-refractivity contribution in [1.82, 2.24) is 15.1 Å². The minimum atomic E-state index is -0.481. The number of ether oxygens (including phenoxy) is 2. The fraction of sp³-hybridized carbons (Fsp3) is 0.342. The van der Waals surface area contributed by atoms with Crippen LogP contribution >= 0.6 is 0 Å². The zero-order chi connectivity index (χ0) is 31.0. The predicted octanol–water partition coefficient (Wildman–Crippen LogP) is 5.85.